The van der Waals surface area contributed by atoms with E-state index in [0.717, 1.165) is 12.5 Å². The molecule has 0 saturated carbocycles. The molecule has 0 saturated heterocycles. The van der Waals surface area contributed by atoms with Gasteiger partial charge in [0.25, 0.3) is 0 Å². The first-order valence-corrected chi connectivity index (χ1v) is 7.09. The summed E-state index contributed by atoms with van der Waals surface area (Å²) in [7, 11) is 0. The highest BCUT2D eigenvalue weighted by Crippen LogP contribution is 2.17. The molecule has 1 atom stereocenters. The molecule has 1 unspecified atom stereocenters. The van der Waals surface area contributed by atoms with Gasteiger partial charge in [-0.1, -0.05) is 26.7 Å². The van der Waals surface area contributed by atoms with E-state index in [1.54, 1.807) is 0 Å². The fraction of sp³-hybridized carbons (Fsp3) is 1.00. The lowest BCUT2D eigenvalue weighted by Crippen LogP contribution is -2.31. The summed E-state index contributed by atoms with van der Waals surface area (Å²) < 4.78 is 0. The van der Waals surface area contributed by atoms with E-state index in [4.69, 9.17) is 5.73 Å². The zero-order valence-electron chi connectivity index (χ0n) is 11.8. The van der Waals surface area contributed by atoms with Gasteiger partial charge in [0.1, 0.15) is 0 Å². The quantitative estimate of drug-likeness (QED) is 0.622. The second kappa shape index (κ2) is 10.1. The molecule has 0 rings (SSSR count). The number of hydrogen-bond donors (Lipinski definition) is 1. The van der Waals surface area contributed by atoms with E-state index >= 15 is 0 Å². The highest BCUT2D eigenvalue weighted by Gasteiger charge is 2.09. The summed E-state index contributed by atoms with van der Waals surface area (Å²) in [5.41, 5.74) is 5.66. The third-order valence-electron chi connectivity index (χ3n) is 3.47. The van der Waals surface area contributed by atoms with Crippen LogP contribution in [-0.2, 0) is 0 Å². The van der Waals surface area contributed by atoms with Gasteiger partial charge in [-0.2, -0.15) is 0 Å². The molecule has 0 aromatic rings. The van der Waals surface area contributed by atoms with Crippen LogP contribution in [-0.4, -0.2) is 30.6 Å². The van der Waals surface area contributed by atoms with Crippen LogP contribution in [0.4, 0.5) is 0 Å². The second-order valence-corrected chi connectivity index (χ2v) is 5.10. The topological polar surface area (TPSA) is 29.3 Å². The highest BCUT2D eigenvalue weighted by atomic mass is 15.1. The summed E-state index contributed by atoms with van der Waals surface area (Å²) in [6, 6.07) is 0.684. The van der Waals surface area contributed by atoms with Gasteiger partial charge in [0.05, 0.1) is 0 Å². The largest absolute Gasteiger partial charge is 0.330 e. The summed E-state index contributed by atoms with van der Waals surface area (Å²) in [6.07, 6.45) is 6.55. The van der Waals surface area contributed by atoms with Crippen molar-refractivity contribution in [3.8, 4) is 0 Å². The van der Waals surface area contributed by atoms with Crippen LogP contribution >= 0.6 is 0 Å². The van der Waals surface area contributed by atoms with Crippen LogP contribution in [0.5, 0.6) is 0 Å². The first-order chi connectivity index (χ1) is 7.65. The minimum absolute atomic E-state index is 0.684. The molecule has 0 amide bonds. The van der Waals surface area contributed by atoms with Crippen LogP contribution in [0.1, 0.15) is 59.8 Å². The molecule has 0 aliphatic rings. The van der Waals surface area contributed by atoms with Crippen molar-refractivity contribution in [3.05, 3.63) is 0 Å². The molecule has 98 valence electrons. The summed E-state index contributed by atoms with van der Waals surface area (Å²) in [6.45, 7) is 12.4. The smallest absolute Gasteiger partial charge is 0.00384 e. The number of nitrogens with zero attached hydrogens (tertiary/aromatic N) is 1. The summed E-state index contributed by atoms with van der Waals surface area (Å²) in [4.78, 5) is 2.55. The maximum Gasteiger partial charge on any atom is 0.00384 e. The second-order valence-electron chi connectivity index (χ2n) is 5.10. The maximum atomic E-state index is 5.66. The third-order valence-corrected chi connectivity index (χ3v) is 3.47. The molecule has 0 bridgehead atoms. The molecule has 0 heterocycles. The highest BCUT2D eigenvalue weighted by molar-refractivity contribution is 4.64. The van der Waals surface area contributed by atoms with Crippen molar-refractivity contribution < 1.29 is 0 Å². The molecule has 2 nitrogen and oxygen atoms in total. The number of nitrogens with two attached hydrogens (primary N) is 1. The normalized spacial score (nSPS) is 13.7. The van der Waals surface area contributed by atoms with E-state index in [1.807, 2.05) is 0 Å². The Morgan fingerprint density at radius 2 is 1.75 bits per heavy atom. The van der Waals surface area contributed by atoms with Gasteiger partial charge in [-0.05, 0) is 58.7 Å². The zero-order valence-corrected chi connectivity index (χ0v) is 11.8. The maximum absolute atomic E-state index is 5.66. The van der Waals surface area contributed by atoms with Gasteiger partial charge in [0.15, 0.2) is 0 Å². The molecule has 0 aliphatic carbocycles. The van der Waals surface area contributed by atoms with Gasteiger partial charge in [0.2, 0.25) is 0 Å². The van der Waals surface area contributed by atoms with Crippen molar-refractivity contribution in [1.82, 2.24) is 4.90 Å². The Morgan fingerprint density at radius 3 is 2.19 bits per heavy atom. The van der Waals surface area contributed by atoms with E-state index in [0.29, 0.717) is 6.04 Å². The minimum atomic E-state index is 0.684. The molecule has 16 heavy (non-hydrogen) atoms. The molecule has 0 spiro atoms. The van der Waals surface area contributed by atoms with Crippen molar-refractivity contribution >= 4 is 0 Å². The van der Waals surface area contributed by atoms with Crippen molar-refractivity contribution in [2.24, 2.45) is 11.7 Å². The Labute approximate surface area is 103 Å². The average molecular weight is 228 g/mol. The summed E-state index contributed by atoms with van der Waals surface area (Å²) in [5, 5.41) is 0. The predicted molar refractivity (Wildman–Crippen MR) is 73.7 cm³/mol. The van der Waals surface area contributed by atoms with E-state index in [-0.39, 0.29) is 0 Å². The van der Waals surface area contributed by atoms with Gasteiger partial charge >= 0.3 is 0 Å². The SMILES string of the molecule is CCCC(CCN)CCCN(CC)C(C)C. The minimum Gasteiger partial charge on any atom is -0.330 e. The van der Waals surface area contributed by atoms with Gasteiger partial charge < -0.3 is 10.6 Å². The Bertz CT molecular complexity index is 140. The molecule has 2 heteroatoms. The molecule has 0 radical (unpaired) electrons. The van der Waals surface area contributed by atoms with Crippen LogP contribution in [0.2, 0.25) is 0 Å². The lowest BCUT2D eigenvalue weighted by molar-refractivity contribution is 0.221. The third kappa shape index (κ3) is 7.24. The van der Waals surface area contributed by atoms with Gasteiger partial charge in [0, 0.05) is 6.04 Å². The molecule has 0 fully saturated rings. The molecule has 2 N–H and O–H groups in total. The predicted octanol–water partition coefficient (Wildman–Crippen LogP) is 3.26. The fourth-order valence-corrected chi connectivity index (χ4v) is 2.44. The van der Waals surface area contributed by atoms with Gasteiger partial charge in [-0.25, -0.2) is 0 Å². The molecule has 0 aliphatic heterocycles. The van der Waals surface area contributed by atoms with Gasteiger partial charge in [-0.3, -0.25) is 0 Å². The average Bonchev–Trinajstić information content (AvgIpc) is 2.24. The van der Waals surface area contributed by atoms with Gasteiger partial charge in [-0.15, -0.1) is 0 Å². The van der Waals surface area contributed by atoms with Crippen LogP contribution in [0.15, 0.2) is 0 Å². The standard InChI is InChI=1S/C14H32N2/c1-5-8-14(10-11-15)9-7-12-16(6-2)13(3)4/h13-14H,5-12,15H2,1-4H3. The van der Waals surface area contributed by atoms with E-state index in [1.165, 1.54) is 45.2 Å². The molecule has 0 aromatic carbocycles. The Balaban J connectivity index is 3.74. The van der Waals surface area contributed by atoms with Crippen molar-refractivity contribution in [1.29, 1.82) is 0 Å². The van der Waals surface area contributed by atoms with Crippen LogP contribution in [0, 0.1) is 5.92 Å². The lowest BCUT2D eigenvalue weighted by Gasteiger charge is -2.25. The van der Waals surface area contributed by atoms with Crippen molar-refractivity contribution in [2.45, 2.75) is 65.8 Å². The number of hydrogen-bond acceptors (Lipinski definition) is 2. The zero-order chi connectivity index (χ0) is 12.4. The first-order valence-electron chi connectivity index (χ1n) is 7.09. The molecular weight excluding hydrogens is 196 g/mol. The Kier molecular flexibility index (Phi) is 10.0. The van der Waals surface area contributed by atoms with E-state index < -0.39 is 0 Å². The van der Waals surface area contributed by atoms with Crippen LogP contribution in [0.25, 0.3) is 0 Å². The Hall–Kier alpha value is -0.0800. The van der Waals surface area contributed by atoms with Crippen molar-refractivity contribution in [2.75, 3.05) is 19.6 Å². The van der Waals surface area contributed by atoms with Crippen molar-refractivity contribution in [3.63, 3.8) is 0 Å². The first kappa shape index (κ1) is 15.9. The lowest BCUT2D eigenvalue weighted by atomic mass is 9.94. The molecular formula is C14H32N2. The summed E-state index contributed by atoms with van der Waals surface area (Å²) in [5.74, 6) is 0.862. The van der Waals surface area contributed by atoms with Crippen LogP contribution in [0.3, 0.4) is 0 Å². The van der Waals surface area contributed by atoms with E-state index in [9.17, 15) is 0 Å². The fourth-order valence-electron chi connectivity index (χ4n) is 2.44. The molecule has 0 aromatic heterocycles. The van der Waals surface area contributed by atoms with Crippen LogP contribution < -0.4 is 5.73 Å². The summed E-state index contributed by atoms with van der Waals surface area (Å²) >= 11 is 0. The van der Waals surface area contributed by atoms with E-state index in [2.05, 4.69) is 32.6 Å². The Morgan fingerprint density at radius 1 is 1.06 bits per heavy atom. The monoisotopic (exact) mass is 228 g/mol. The number of rotatable bonds is 10.